The minimum Gasteiger partial charge on any atom is -0.497 e. The van der Waals surface area contributed by atoms with Gasteiger partial charge in [0.2, 0.25) is 5.91 Å². The first kappa shape index (κ1) is 22.6. The highest BCUT2D eigenvalue weighted by Crippen LogP contribution is 2.25. The Labute approximate surface area is 192 Å². The average molecular weight is 452 g/mol. The zero-order valence-corrected chi connectivity index (χ0v) is 19.2. The number of rotatable bonds is 7. The molecule has 0 atom stereocenters. The molecule has 4 rings (SSSR count). The van der Waals surface area contributed by atoms with Crippen LogP contribution < -0.4 is 25.2 Å². The van der Waals surface area contributed by atoms with E-state index in [-0.39, 0.29) is 17.4 Å². The number of fused-ring (bicyclic) bond motifs is 1. The molecule has 2 aromatic heterocycles. The van der Waals surface area contributed by atoms with E-state index >= 15 is 0 Å². The van der Waals surface area contributed by atoms with Crippen LogP contribution in [0.5, 0.6) is 11.5 Å². The third-order valence-corrected chi connectivity index (χ3v) is 6.11. The summed E-state index contributed by atoms with van der Waals surface area (Å²) in [6.07, 6.45) is 2.98. The summed E-state index contributed by atoms with van der Waals surface area (Å²) in [5.41, 5.74) is 2.04. The maximum Gasteiger partial charge on any atom is 0.295 e. The third kappa shape index (κ3) is 4.62. The first-order valence-corrected chi connectivity index (χ1v) is 11.1. The molecule has 0 saturated carbocycles. The second-order valence-electron chi connectivity index (χ2n) is 7.99. The Morgan fingerprint density at radius 3 is 2.67 bits per heavy atom. The van der Waals surface area contributed by atoms with Crippen LogP contribution in [0.3, 0.4) is 0 Å². The number of hydrogen-bond acceptors (Lipinski definition) is 7. The largest absolute Gasteiger partial charge is 0.497 e. The van der Waals surface area contributed by atoms with Crippen molar-refractivity contribution in [1.29, 1.82) is 0 Å². The number of anilines is 1. The van der Waals surface area contributed by atoms with Crippen molar-refractivity contribution in [2.24, 2.45) is 5.92 Å². The number of hydrogen-bond donors (Lipinski definition) is 1. The summed E-state index contributed by atoms with van der Waals surface area (Å²) in [5, 5.41) is 3.02. The normalized spacial score (nSPS) is 14.3. The van der Waals surface area contributed by atoms with Crippen LogP contribution in [0, 0.1) is 5.92 Å². The number of aryl methyl sites for hydroxylation is 1. The second-order valence-corrected chi connectivity index (χ2v) is 7.99. The molecule has 0 unspecified atom stereocenters. The van der Waals surface area contributed by atoms with Crippen LogP contribution >= 0.6 is 0 Å². The summed E-state index contributed by atoms with van der Waals surface area (Å²) in [6.45, 7) is 4.03. The highest BCUT2D eigenvalue weighted by molar-refractivity contribution is 5.79. The zero-order chi connectivity index (χ0) is 23.4. The van der Waals surface area contributed by atoms with Crippen LogP contribution in [0.25, 0.3) is 11.2 Å². The predicted octanol–water partition coefficient (Wildman–Crippen LogP) is 2.36. The highest BCUT2D eigenvalue weighted by atomic mass is 16.5. The number of nitrogens with one attached hydrogen (secondary N) is 1. The molecule has 1 aliphatic heterocycles. The van der Waals surface area contributed by atoms with Gasteiger partial charge in [0.25, 0.3) is 5.56 Å². The number of piperidine rings is 1. The summed E-state index contributed by atoms with van der Waals surface area (Å²) in [4.78, 5) is 36.7. The number of ether oxygens (including phenoxy) is 2. The lowest BCUT2D eigenvalue weighted by Crippen LogP contribution is -2.43. The minimum absolute atomic E-state index is 0.00848. The van der Waals surface area contributed by atoms with Gasteiger partial charge in [0.05, 0.1) is 14.2 Å². The maximum atomic E-state index is 13.0. The van der Waals surface area contributed by atoms with E-state index in [9.17, 15) is 9.59 Å². The maximum absolute atomic E-state index is 13.0. The van der Waals surface area contributed by atoms with Crippen molar-refractivity contribution < 1.29 is 14.3 Å². The fourth-order valence-electron chi connectivity index (χ4n) is 4.24. The number of methoxy groups -OCH3 is 2. The average Bonchev–Trinajstić information content (AvgIpc) is 2.87. The fraction of sp³-hybridized carbons (Fsp3) is 0.417. The van der Waals surface area contributed by atoms with Gasteiger partial charge in [0, 0.05) is 49.9 Å². The van der Waals surface area contributed by atoms with Crippen molar-refractivity contribution in [3.63, 3.8) is 0 Å². The number of pyridine rings is 1. The molecule has 1 N–H and O–H groups in total. The van der Waals surface area contributed by atoms with Gasteiger partial charge in [-0.25, -0.2) is 9.97 Å². The Morgan fingerprint density at radius 1 is 1.18 bits per heavy atom. The van der Waals surface area contributed by atoms with Crippen LogP contribution in [0.1, 0.15) is 25.3 Å². The van der Waals surface area contributed by atoms with Crippen molar-refractivity contribution in [1.82, 2.24) is 19.9 Å². The fourth-order valence-corrected chi connectivity index (χ4v) is 4.24. The Kier molecular flexibility index (Phi) is 6.76. The topological polar surface area (TPSA) is 98.6 Å². The van der Waals surface area contributed by atoms with Gasteiger partial charge in [-0.05, 0) is 44.0 Å². The molecule has 3 heterocycles. The van der Waals surface area contributed by atoms with Crippen LogP contribution in [-0.4, -0.2) is 47.8 Å². The number of carbonyl (C=O) groups is 1. The molecule has 1 aromatic carbocycles. The van der Waals surface area contributed by atoms with E-state index < -0.39 is 0 Å². The zero-order valence-electron chi connectivity index (χ0n) is 19.2. The summed E-state index contributed by atoms with van der Waals surface area (Å²) >= 11 is 0. The van der Waals surface area contributed by atoms with E-state index in [1.165, 1.54) is 0 Å². The van der Waals surface area contributed by atoms with Crippen LogP contribution in [0.2, 0.25) is 0 Å². The number of carbonyl (C=O) groups excluding carboxylic acids is 1. The van der Waals surface area contributed by atoms with Crippen LogP contribution in [0.15, 0.2) is 41.3 Å². The molecule has 0 radical (unpaired) electrons. The molecule has 0 spiro atoms. The van der Waals surface area contributed by atoms with Crippen molar-refractivity contribution >= 4 is 22.9 Å². The molecule has 1 saturated heterocycles. The lowest BCUT2D eigenvalue weighted by Gasteiger charge is -2.32. The molecule has 0 aliphatic carbocycles. The summed E-state index contributed by atoms with van der Waals surface area (Å²) in [6, 6.07) is 9.22. The lowest BCUT2D eigenvalue weighted by atomic mass is 9.96. The monoisotopic (exact) mass is 451 g/mol. The molecule has 3 aromatic rings. The Morgan fingerprint density at radius 2 is 1.97 bits per heavy atom. The number of benzene rings is 1. The summed E-state index contributed by atoms with van der Waals surface area (Å²) in [7, 11) is 3.20. The molecular formula is C24H29N5O4. The van der Waals surface area contributed by atoms with Crippen molar-refractivity contribution in [2.75, 3.05) is 32.2 Å². The van der Waals surface area contributed by atoms with E-state index in [1.807, 2.05) is 36.1 Å². The highest BCUT2D eigenvalue weighted by Gasteiger charge is 2.27. The molecule has 1 aliphatic rings. The van der Waals surface area contributed by atoms with Crippen LogP contribution in [-0.2, 0) is 17.9 Å². The minimum atomic E-state index is -0.141. The number of amides is 1. The SMILES string of the molecule is CCn1c(=O)c(N2CCC(C(=O)NCc3ccc(OC)cc3OC)CC2)nc2cccnc21. The van der Waals surface area contributed by atoms with Crippen molar-refractivity contribution in [2.45, 2.75) is 32.9 Å². The molecule has 9 heteroatoms. The second kappa shape index (κ2) is 9.89. The molecule has 1 amide bonds. The van der Waals surface area contributed by atoms with E-state index in [1.54, 1.807) is 31.0 Å². The smallest absolute Gasteiger partial charge is 0.295 e. The predicted molar refractivity (Wildman–Crippen MR) is 126 cm³/mol. The lowest BCUT2D eigenvalue weighted by molar-refractivity contribution is -0.125. The van der Waals surface area contributed by atoms with Gasteiger partial charge < -0.3 is 19.7 Å². The van der Waals surface area contributed by atoms with E-state index in [0.29, 0.717) is 67.5 Å². The quantitative estimate of drug-likeness (QED) is 0.589. The summed E-state index contributed by atoms with van der Waals surface area (Å²) < 4.78 is 12.3. The van der Waals surface area contributed by atoms with Gasteiger partial charge in [0.1, 0.15) is 17.0 Å². The van der Waals surface area contributed by atoms with Crippen molar-refractivity contribution in [3.8, 4) is 11.5 Å². The summed E-state index contributed by atoms with van der Waals surface area (Å²) in [5.74, 6) is 1.71. The first-order valence-electron chi connectivity index (χ1n) is 11.1. The Hall–Kier alpha value is -3.62. The molecule has 0 bridgehead atoms. The van der Waals surface area contributed by atoms with E-state index in [0.717, 1.165) is 5.56 Å². The Balaban J connectivity index is 1.41. The van der Waals surface area contributed by atoms with Gasteiger partial charge in [-0.1, -0.05) is 0 Å². The molecule has 1 fully saturated rings. The molecule has 9 nitrogen and oxygen atoms in total. The van der Waals surface area contributed by atoms with E-state index in [2.05, 4.69) is 15.3 Å². The van der Waals surface area contributed by atoms with Crippen molar-refractivity contribution in [3.05, 3.63) is 52.4 Å². The standard InChI is InChI=1S/C24H29N5O4/c1-4-29-21-19(6-5-11-25-21)27-22(24(29)31)28-12-9-16(10-13-28)23(30)26-15-17-7-8-18(32-2)14-20(17)33-3/h5-8,11,14,16H,4,9-10,12-13,15H2,1-3H3,(H,26,30). The van der Waals surface area contributed by atoms with E-state index in [4.69, 9.17) is 9.47 Å². The van der Waals surface area contributed by atoms with Gasteiger partial charge in [-0.3, -0.25) is 14.2 Å². The molecule has 174 valence electrons. The molecule has 33 heavy (non-hydrogen) atoms. The van der Waals surface area contributed by atoms with Gasteiger partial charge >= 0.3 is 0 Å². The van der Waals surface area contributed by atoms with Gasteiger partial charge in [-0.2, -0.15) is 0 Å². The number of nitrogens with zero attached hydrogens (tertiary/aromatic N) is 4. The third-order valence-electron chi connectivity index (χ3n) is 6.11. The molecular weight excluding hydrogens is 422 g/mol. The first-order chi connectivity index (χ1) is 16.0. The number of aromatic nitrogens is 3. The van der Waals surface area contributed by atoms with Gasteiger partial charge in [-0.15, -0.1) is 0 Å². The van der Waals surface area contributed by atoms with Crippen LogP contribution in [0.4, 0.5) is 5.82 Å². The Bertz CT molecular complexity index is 1200. The van der Waals surface area contributed by atoms with Gasteiger partial charge in [0.15, 0.2) is 11.5 Å².